The number of unbranched alkanes of at least 4 members (excludes halogenated alkanes) is 2. The van der Waals surface area contributed by atoms with E-state index in [2.05, 4.69) is 6.92 Å². The van der Waals surface area contributed by atoms with Crippen molar-refractivity contribution in [3.63, 3.8) is 0 Å². The van der Waals surface area contributed by atoms with E-state index >= 15 is 0 Å². The summed E-state index contributed by atoms with van der Waals surface area (Å²) in [6.45, 7) is 5.33. The van der Waals surface area contributed by atoms with Gasteiger partial charge in [0.2, 0.25) is 0 Å². The van der Waals surface area contributed by atoms with E-state index in [1.807, 2.05) is 0 Å². The molecular weight excluding hydrogens is 208 g/mol. The van der Waals surface area contributed by atoms with Crippen LogP contribution in [0.3, 0.4) is 0 Å². The number of hydrogen-bond acceptors (Lipinski definition) is 2. The topological polar surface area (TPSA) is 74.6 Å². The van der Waals surface area contributed by atoms with E-state index in [1.165, 1.54) is 6.08 Å². The van der Waals surface area contributed by atoms with Crippen LogP contribution in [0.5, 0.6) is 0 Å². The second-order valence-corrected chi connectivity index (χ2v) is 3.16. The molecule has 0 rings (SSSR count). The van der Waals surface area contributed by atoms with Crippen LogP contribution in [0, 0.1) is 0 Å². The molecule has 0 heterocycles. The second-order valence-electron chi connectivity index (χ2n) is 3.16. The first kappa shape index (κ1) is 16.8. The fourth-order valence-corrected chi connectivity index (χ4v) is 0.630. The molecule has 0 saturated carbocycles. The van der Waals surface area contributed by atoms with Gasteiger partial charge < -0.3 is 10.2 Å². The van der Waals surface area contributed by atoms with E-state index < -0.39 is 11.9 Å². The fourth-order valence-electron chi connectivity index (χ4n) is 0.630. The molecule has 0 aromatic carbocycles. The van der Waals surface area contributed by atoms with Crippen LogP contribution >= 0.6 is 0 Å². The first-order valence-electron chi connectivity index (χ1n) is 5.21. The Bertz CT molecular complexity index is 264. The number of carboxylic acid groups (broad SMARTS) is 2. The maximum absolute atomic E-state index is 9.88. The summed E-state index contributed by atoms with van der Waals surface area (Å²) in [5.74, 6) is -1.70. The SMILES string of the molecule is CC=C(C)C(=O)O.CCCCC=CC(=O)O. The molecule has 0 bridgehead atoms. The van der Waals surface area contributed by atoms with E-state index in [0.29, 0.717) is 5.57 Å². The van der Waals surface area contributed by atoms with Gasteiger partial charge >= 0.3 is 11.9 Å². The number of rotatable bonds is 5. The quantitative estimate of drug-likeness (QED) is 0.560. The molecule has 4 nitrogen and oxygen atoms in total. The maximum atomic E-state index is 9.88. The van der Waals surface area contributed by atoms with Crippen molar-refractivity contribution >= 4 is 11.9 Å². The summed E-state index contributed by atoms with van der Waals surface area (Å²) in [6, 6.07) is 0. The molecule has 0 fully saturated rings. The predicted molar refractivity (Wildman–Crippen MR) is 63.4 cm³/mol. The molecule has 0 aromatic rings. The smallest absolute Gasteiger partial charge is 0.330 e. The summed E-state index contributed by atoms with van der Waals surface area (Å²) in [4.78, 5) is 19.7. The highest BCUT2D eigenvalue weighted by molar-refractivity contribution is 5.85. The number of hydrogen-bond donors (Lipinski definition) is 2. The Morgan fingerprint density at radius 3 is 2.06 bits per heavy atom. The zero-order valence-electron chi connectivity index (χ0n) is 10.1. The van der Waals surface area contributed by atoms with Crippen molar-refractivity contribution in [1.82, 2.24) is 0 Å². The third-order valence-electron chi connectivity index (χ3n) is 1.76. The van der Waals surface area contributed by atoms with Crippen LogP contribution in [-0.2, 0) is 9.59 Å². The van der Waals surface area contributed by atoms with Crippen LogP contribution in [0.25, 0.3) is 0 Å². The van der Waals surface area contributed by atoms with Crippen LogP contribution < -0.4 is 0 Å². The van der Waals surface area contributed by atoms with E-state index in [-0.39, 0.29) is 0 Å². The number of carbonyl (C=O) groups is 2. The van der Waals surface area contributed by atoms with E-state index in [4.69, 9.17) is 10.2 Å². The zero-order valence-corrected chi connectivity index (χ0v) is 10.1. The predicted octanol–water partition coefficient (Wildman–Crippen LogP) is 2.85. The van der Waals surface area contributed by atoms with Gasteiger partial charge in [0.05, 0.1) is 0 Å². The molecule has 0 aromatic heterocycles. The summed E-state index contributed by atoms with van der Waals surface area (Å²) in [6.07, 6.45) is 7.50. The highest BCUT2D eigenvalue weighted by atomic mass is 16.4. The molecule has 0 saturated heterocycles. The van der Waals surface area contributed by atoms with Crippen molar-refractivity contribution in [3.8, 4) is 0 Å². The minimum Gasteiger partial charge on any atom is -0.478 e. The lowest BCUT2D eigenvalue weighted by Gasteiger charge is -1.85. The highest BCUT2D eigenvalue weighted by Crippen LogP contribution is 1.93. The van der Waals surface area contributed by atoms with Crippen LogP contribution in [0.4, 0.5) is 0 Å². The molecule has 0 atom stereocenters. The van der Waals surface area contributed by atoms with E-state index in [0.717, 1.165) is 19.3 Å². The van der Waals surface area contributed by atoms with Crippen LogP contribution in [0.15, 0.2) is 23.8 Å². The second kappa shape index (κ2) is 11.5. The lowest BCUT2D eigenvalue weighted by atomic mass is 10.2. The van der Waals surface area contributed by atoms with Gasteiger partial charge in [0.15, 0.2) is 0 Å². The van der Waals surface area contributed by atoms with Crippen molar-refractivity contribution in [2.45, 2.75) is 40.0 Å². The average molecular weight is 228 g/mol. The Morgan fingerprint density at radius 1 is 1.25 bits per heavy atom. The molecular formula is C12H20O4. The van der Waals surface area contributed by atoms with Gasteiger partial charge in [-0.3, -0.25) is 0 Å². The normalized spacial score (nSPS) is 10.8. The molecule has 0 amide bonds. The molecule has 0 radical (unpaired) electrons. The summed E-state index contributed by atoms with van der Waals surface area (Å²) in [5.41, 5.74) is 0.389. The molecule has 0 aliphatic carbocycles. The van der Waals surface area contributed by atoms with Gasteiger partial charge in [0, 0.05) is 11.6 Å². The lowest BCUT2D eigenvalue weighted by Crippen LogP contribution is -1.93. The standard InChI is InChI=1S/C7H12O2.C5H8O2/c1-2-3-4-5-6-7(8)9;1-3-4(2)5(6)7/h5-6H,2-4H2,1H3,(H,8,9);3H,1-2H3,(H,6,7). The van der Waals surface area contributed by atoms with Crippen LogP contribution in [-0.4, -0.2) is 22.2 Å². The molecule has 0 aliphatic rings. The van der Waals surface area contributed by atoms with Gasteiger partial charge in [0.25, 0.3) is 0 Å². The van der Waals surface area contributed by atoms with Crippen molar-refractivity contribution in [2.75, 3.05) is 0 Å². The van der Waals surface area contributed by atoms with Gasteiger partial charge in [-0.25, -0.2) is 9.59 Å². The third kappa shape index (κ3) is 14.9. The van der Waals surface area contributed by atoms with Crippen molar-refractivity contribution in [1.29, 1.82) is 0 Å². The number of carboxylic acids is 2. The Labute approximate surface area is 96.3 Å². The fraction of sp³-hybridized carbons (Fsp3) is 0.500. The summed E-state index contributed by atoms with van der Waals surface area (Å²) >= 11 is 0. The van der Waals surface area contributed by atoms with E-state index in [1.54, 1.807) is 26.0 Å². The van der Waals surface area contributed by atoms with Gasteiger partial charge in [-0.1, -0.05) is 31.9 Å². The summed E-state index contributed by atoms with van der Waals surface area (Å²) < 4.78 is 0. The monoisotopic (exact) mass is 228 g/mol. The first-order chi connectivity index (χ1) is 7.45. The van der Waals surface area contributed by atoms with Crippen molar-refractivity contribution < 1.29 is 19.8 Å². The molecule has 16 heavy (non-hydrogen) atoms. The Kier molecular flexibility index (Phi) is 12.1. The molecule has 0 spiro atoms. The number of allylic oxidation sites excluding steroid dienone is 2. The van der Waals surface area contributed by atoms with E-state index in [9.17, 15) is 9.59 Å². The molecule has 0 unspecified atom stereocenters. The Balaban J connectivity index is 0. The molecule has 0 aliphatic heterocycles. The molecule has 2 N–H and O–H groups in total. The minimum atomic E-state index is -0.855. The van der Waals surface area contributed by atoms with Crippen LogP contribution in [0.2, 0.25) is 0 Å². The Hall–Kier alpha value is -1.58. The Morgan fingerprint density at radius 2 is 1.81 bits per heavy atom. The summed E-state index contributed by atoms with van der Waals surface area (Å²) in [5, 5.41) is 16.2. The van der Waals surface area contributed by atoms with Crippen molar-refractivity contribution in [2.24, 2.45) is 0 Å². The average Bonchev–Trinajstić information content (AvgIpc) is 2.23. The van der Waals surface area contributed by atoms with Gasteiger partial charge in [-0.2, -0.15) is 0 Å². The van der Waals surface area contributed by atoms with Gasteiger partial charge in [0.1, 0.15) is 0 Å². The van der Waals surface area contributed by atoms with Crippen molar-refractivity contribution in [3.05, 3.63) is 23.8 Å². The molecule has 92 valence electrons. The largest absolute Gasteiger partial charge is 0.478 e. The highest BCUT2D eigenvalue weighted by Gasteiger charge is 1.93. The first-order valence-corrected chi connectivity index (χ1v) is 5.21. The summed E-state index contributed by atoms with van der Waals surface area (Å²) in [7, 11) is 0. The zero-order chi connectivity index (χ0) is 13.0. The maximum Gasteiger partial charge on any atom is 0.330 e. The van der Waals surface area contributed by atoms with Gasteiger partial charge in [-0.05, 0) is 20.3 Å². The lowest BCUT2D eigenvalue weighted by molar-refractivity contribution is -0.133. The molecule has 4 heteroatoms. The van der Waals surface area contributed by atoms with Gasteiger partial charge in [-0.15, -0.1) is 0 Å². The third-order valence-corrected chi connectivity index (χ3v) is 1.76. The minimum absolute atomic E-state index is 0.389. The van der Waals surface area contributed by atoms with Crippen LogP contribution in [0.1, 0.15) is 40.0 Å². The number of aliphatic carboxylic acids is 2.